The second kappa shape index (κ2) is 6.05. The van der Waals surface area contributed by atoms with Crippen LogP contribution in [0.2, 0.25) is 0 Å². The highest BCUT2D eigenvalue weighted by atomic mass is 16.6. The highest BCUT2D eigenvalue weighted by molar-refractivity contribution is 6.03. The van der Waals surface area contributed by atoms with Crippen molar-refractivity contribution in [3.63, 3.8) is 0 Å². The van der Waals surface area contributed by atoms with Crippen LogP contribution in [0.3, 0.4) is 0 Å². The molecule has 0 spiro atoms. The Balaban J connectivity index is 2.53. The van der Waals surface area contributed by atoms with E-state index in [1.165, 1.54) is 0 Å². The molecule has 0 saturated carbocycles. The molecule has 0 radical (unpaired) electrons. The number of nitriles is 1. The summed E-state index contributed by atoms with van der Waals surface area (Å²) < 4.78 is 5.00. The van der Waals surface area contributed by atoms with E-state index in [4.69, 9.17) is 21.4 Å². The van der Waals surface area contributed by atoms with Gasteiger partial charge in [0.05, 0.1) is 12.3 Å². The van der Waals surface area contributed by atoms with Crippen LogP contribution in [0.15, 0.2) is 29.4 Å². The van der Waals surface area contributed by atoms with Crippen molar-refractivity contribution >= 4 is 5.84 Å². The van der Waals surface area contributed by atoms with Gasteiger partial charge in [0, 0.05) is 0 Å². The van der Waals surface area contributed by atoms with Gasteiger partial charge in [-0.2, -0.15) is 0 Å². The third-order valence-electron chi connectivity index (χ3n) is 1.75. The predicted octanol–water partition coefficient (Wildman–Crippen LogP) is 1.97. The van der Waals surface area contributed by atoms with Crippen LogP contribution >= 0.6 is 0 Å². The van der Waals surface area contributed by atoms with Gasteiger partial charge >= 0.3 is 5.84 Å². The lowest BCUT2D eigenvalue weighted by molar-refractivity contribution is 0.131. The van der Waals surface area contributed by atoms with E-state index < -0.39 is 0 Å². The van der Waals surface area contributed by atoms with E-state index in [0.717, 1.165) is 11.3 Å². The summed E-state index contributed by atoms with van der Waals surface area (Å²) >= 11 is 0. The molecule has 0 fully saturated rings. The molecule has 0 aromatic heterocycles. The van der Waals surface area contributed by atoms with Crippen LogP contribution in [0.5, 0.6) is 5.75 Å². The number of amidine groups is 1. The van der Waals surface area contributed by atoms with Crippen LogP contribution < -0.4 is 4.74 Å². The maximum atomic E-state index is 8.40. The number of hydrogen-bond acceptors (Lipinski definition) is 4. The minimum absolute atomic E-state index is 0.213. The van der Waals surface area contributed by atoms with Crippen LogP contribution in [-0.2, 0) is 11.4 Å². The highest BCUT2D eigenvalue weighted by Crippen LogP contribution is 2.11. The Kier molecular flexibility index (Phi) is 4.36. The van der Waals surface area contributed by atoms with E-state index in [0.29, 0.717) is 0 Å². The van der Waals surface area contributed by atoms with Crippen LogP contribution in [-0.4, -0.2) is 12.9 Å². The Morgan fingerprint density at radius 1 is 1.50 bits per heavy atom. The van der Waals surface area contributed by atoms with Gasteiger partial charge in [0.1, 0.15) is 11.8 Å². The molecule has 1 aromatic carbocycles. The molecule has 0 aliphatic carbocycles. The van der Waals surface area contributed by atoms with Gasteiger partial charge in [-0.15, -0.1) is 0 Å². The Morgan fingerprint density at radius 3 is 2.69 bits per heavy atom. The minimum atomic E-state index is -0.312. The van der Waals surface area contributed by atoms with Gasteiger partial charge in [0.25, 0.3) is 0 Å². The number of hydrogen-bond donors (Lipinski definition) is 0. The molecule has 80 valence electrons. The molecule has 1 aromatic rings. The SMILES string of the molecule is [C-]#[N+]/C(C#N)=N\OCc1ccc(OC)cc1. The zero-order valence-electron chi connectivity index (χ0n) is 8.67. The van der Waals surface area contributed by atoms with Crippen molar-refractivity contribution in [2.24, 2.45) is 5.16 Å². The zero-order chi connectivity index (χ0) is 11.8. The average molecular weight is 215 g/mol. The average Bonchev–Trinajstić information content (AvgIpc) is 2.35. The molecule has 0 amide bonds. The molecule has 0 aliphatic heterocycles. The lowest BCUT2D eigenvalue weighted by Crippen LogP contribution is -1.91. The third-order valence-corrected chi connectivity index (χ3v) is 1.75. The summed E-state index contributed by atoms with van der Waals surface area (Å²) in [6, 6.07) is 8.83. The van der Waals surface area contributed by atoms with Crippen LogP contribution in [0.25, 0.3) is 4.85 Å². The van der Waals surface area contributed by atoms with Crippen molar-refractivity contribution in [3.8, 4) is 11.8 Å². The van der Waals surface area contributed by atoms with E-state index >= 15 is 0 Å². The molecule has 16 heavy (non-hydrogen) atoms. The van der Waals surface area contributed by atoms with E-state index in [9.17, 15) is 0 Å². The maximum absolute atomic E-state index is 8.40. The van der Waals surface area contributed by atoms with Gasteiger partial charge in [-0.1, -0.05) is 18.7 Å². The lowest BCUT2D eigenvalue weighted by atomic mass is 10.2. The number of oxime groups is 1. The van der Waals surface area contributed by atoms with Crippen molar-refractivity contribution in [1.29, 1.82) is 5.26 Å². The van der Waals surface area contributed by atoms with E-state index in [2.05, 4.69) is 10.0 Å². The molecule has 0 saturated heterocycles. The van der Waals surface area contributed by atoms with Crippen molar-refractivity contribution < 1.29 is 9.57 Å². The first kappa shape index (κ1) is 11.5. The first-order chi connectivity index (χ1) is 7.80. The number of ether oxygens (including phenoxy) is 1. The number of benzene rings is 1. The van der Waals surface area contributed by atoms with Crippen LogP contribution in [0, 0.1) is 17.9 Å². The molecular formula is C11H9N3O2. The second-order valence-electron chi connectivity index (χ2n) is 2.76. The summed E-state index contributed by atoms with van der Waals surface area (Å²) in [5.41, 5.74) is 0.881. The highest BCUT2D eigenvalue weighted by Gasteiger charge is 1.98. The lowest BCUT2D eigenvalue weighted by Gasteiger charge is -2.00. The molecule has 5 heteroatoms. The number of rotatable bonds is 4. The topological polar surface area (TPSA) is 59.0 Å². The second-order valence-corrected chi connectivity index (χ2v) is 2.76. The molecule has 0 N–H and O–H groups in total. The van der Waals surface area contributed by atoms with Crippen molar-refractivity contribution in [2.45, 2.75) is 6.61 Å². The Morgan fingerprint density at radius 2 is 2.19 bits per heavy atom. The zero-order valence-corrected chi connectivity index (χ0v) is 8.67. The summed E-state index contributed by atoms with van der Waals surface area (Å²) in [4.78, 5) is 7.71. The van der Waals surface area contributed by atoms with Gasteiger partial charge < -0.3 is 14.4 Å². The molecule has 0 heterocycles. The number of nitrogens with zero attached hydrogens (tertiary/aromatic N) is 3. The van der Waals surface area contributed by atoms with Crippen molar-refractivity contribution in [3.05, 3.63) is 41.2 Å². The summed E-state index contributed by atoms with van der Waals surface area (Å²) in [5.74, 6) is 0.444. The molecule has 1 rings (SSSR count). The molecule has 0 bridgehead atoms. The monoisotopic (exact) mass is 215 g/mol. The summed E-state index contributed by atoms with van der Waals surface area (Å²) in [6.07, 6.45) is 0. The van der Waals surface area contributed by atoms with Gasteiger partial charge in [0.2, 0.25) is 0 Å². The third kappa shape index (κ3) is 3.32. The summed E-state index contributed by atoms with van der Waals surface area (Å²) in [6.45, 7) is 6.78. The fourth-order valence-corrected chi connectivity index (χ4v) is 0.956. The largest absolute Gasteiger partial charge is 0.497 e. The quantitative estimate of drug-likeness (QED) is 0.334. The summed E-state index contributed by atoms with van der Waals surface area (Å²) in [7, 11) is 1.59. The molecular weight excluding hydrogens is 206 g/mol. The van der Waals surface area contributed by atoms with E-state index in [1.54, 1.807) is 25.3 Å². The molecule has 5 nitrogen and oxygen atoms in total. The van der Waals surface area contributed by atoms with Gasteiger partial charge in [-0.05, 0) is 17.7 Å². The Labute approximate surface area is 93.3 Å². The molecule has 0 unspecified atom stereocenters. The van der Waals surface area contributed by atoms with Gasteiger partial charge in [-0.3, -0.25) is 0 Å². The smallest absolute Gasteiger partial charge is 0.392 e. The Hall–Kier alpha value is -2.53. The predicted molar refractivity (Wildman–Crippen MR) is 57.4 cm³/mol. The maximum Gasteiger partial charge on any atom is 0.392 e. The van der Waals surface area contributed by atoms with Crippen LogP contribution in [0.1, 0.15) is 5.56 Å². The fraction of sp³-hybridized carbons (Fsp3) is 0.182. The van der Waals surface area contributed by atoms with E-state index in [-0.39, 0.29) is 12.4 Å². The number of methoxy groups -OCH3 is 1. The first-order valence-corrected chi connectivity index (χ1v) is 4.40. The standard InChI is InChI=1S/C11H9N3O2/c1-13-11(7-12)14-16-8-9-3-5-10(15-2)6-4-9/h3-6H,8H2,2H3/b14-11-. The van der Waals surface area contributed by atoms with Crippen molar-refractivity contribution in [2.75, 3.05) is 7.11 Å². The van der Waals surface area contributed by atoms with E-state index in [1.807, 2.05) is 12.1 Å². The normalized spacial score (nSPS) is 10.1. The molecule has 0 aliphatic rings. The fourth-order valence-electron chi connectivity index (χ4n) is 0.956. The van der Waals surface area contributed by atoms with Gasteiger partial charge in [0.15, 0.2) is 6.61 Å². The van der Waals surface area contributed by atoms with Gasteiger partial charge in [-0.25, -0.2) is 5.26 Å². The van der Waals surface area contributed by atoms with Crippen LogP contribution in [0.4, 0.5) is 0 Å². The Bertz CT molecular complexity index is 436. The van der Waals surface area contributed by atoms with Crippen molar-refractivity contribution in [1.82, 2.24) is 0 Å². The summed E-state index contributed by atoms with van der Waals surface area (Å²) in [5, 5.41) is 11.8. The molecule has 0 atom stereocenters. The minimum Gasteiger partial charge on any atom is -0.497 e. The first-order valence-electron chi connectivity index (χ1n) is 4.40.